The van der Waals surface area contributed by atoms with Crippen LogP contribution >= 0.6 is 0 Å². The summed E-state index contributed by atoms with van der Waals surface area (Å²) in [7, 11) is 0. The van der Waals surface area contributed by atoms with E-state index in [-0.39, 0.29) is 12.2 Å². The van der Waals surface area contributed by atoms with Crippen molar-refractivity contribution in [1.29, 1.82) is 0 Å². The number of nitrogens with one attached hydrogen (secondary N) is 1. The fourth-order valence-electron chi connectivity index (χ4n) is 3.20. The van der Waals surface area contributed by atoms with Gasteiger partial charge in [-0.25, -0.2) is 13.6 Å². The number of aromatic nitrogens is 5. The molecule has 0 amide bonds. The molecule has 2 aromatic carbocycles. The minimum atomic E-state index is -0.683. The van der Waals surface area contributed by atoms with Gasteiger partial charge in [0.25, 0.3) is 0 Å². The number of rotatable bonds is 5. The van der Waals surface area contributed by atoms with Gasteiger partial charge in [0.05, 0.1) is 18.4 Å². The van der Waals surface area contributed by atoms with Crippen molar-refractivity contribution in [2.75, 3.05) is 0 Å². The third-order valence-electron chi connectivity index (χ3n) is 4.53. The normalized spacial score (nSPS) is 11.1. The van der Waals surface area contributed by atoms with Gasteiger partial charge in [-0.1, -0.05) is 13.0 Å². The zero-order valence-electron chi connectivity index (χ0n) is 15.1. The van der Waals surface area contributed by atoms with E-state index in [0.29, 0.717) is 11.3 Å². The minimum absolute atomic E-state index is 0.0290. The van der Waals surface area contributed by atoms with Crippen LogP contribution in [-0.2, 0) is 13.0 Å². The van der Waals surface area contributed by atoms with Gasteiger partial charge in [-0.05, 0) is 47.4 Å². The average Bonchev–Trinajstić information content (AvgIpc) is 3.31. The molecule has 0 atom stereocenters. The average molecular weight is 381 g/mol. The van der Waals surface area contributed by atoms with Crippen molar-refractivity contribution in [3.05, 3.63) is 88.4 Å². The molecule has 0 fully saturated rings. The molecule has 0 aliphatic heterocycles. The summed E-state index contributed by atoms with van der Waals surface area (Å²) in [6, 6.07) is 8.82. The molecule has 0 aliphatic rings. The first-order chi connectivity index (χ1) is 13.5. The number of hydrogen-bond donors (Lipinski definition) is 1. The zero-order chi connectivity index (χ0) is 19.7. The lowest BCUT2D eigenvalue weighted by Crippen LogP contribution is -2.24. The Balaban J connectivity index is 1.68. The second-order valence-corrected chi connectivity index (χ2v) is 6.41. The molecule has 0 unspecified atom stereocenters. The Hall–Kier alpha value is -3.55. The molecule has 0 saturated carbocycles. The standard InChI is InChI=1S/C20H17F2N5O/c1-2-14-7-18(3-4-19(14)15-9-23-24-10-15)27-20(28)26(12-25-27)11-13-5-16(21)8-17(22)6-13/h3-10,12H,2,11H2,1H3,(H,23,24). The fourth-order valence-corrected chi connectivity index (χ4v) is 3.20. The Morgan fingerprint density at radius 1 is 1.11 bits per heavy atom. The van der Waals surface area contributed by atoms with E-state index in [1.54, 1.807) is 6.20 Å². The summed E-state index contributed by atoms with van der Waals surface area (Å²) < 4.78 is 29.3. The smallest absolute Gasteiger partial charge is 0.285 e. The molecule has 1 N–H and O–H groups in total. The van der Waals surface area contributed by atoms with Crippen LogP contribution < -0.4 is 5.69 Å². The summed E-state index contributed by atoms with van der Waals surface area (Å²) in [4.78, 5) is 12.7. The van der Waals surface area contributed by atoms with E-state index in [2.05, 4.69) is 15.3 Å². The quantitative estimate of drug-likeness (QED) is 0.577. The predicted molar refractivity (Wildman–Crippen MR) is 100 cm³/mol. The SMILES string of the molecule is CCc1cc(-n2ncn(Cc3cc(F)cc(F)c3)c2=O)ccc1-c1cn[nH]c1. The lowest BCUT2D eigenvalue weighted by molar-refractivity contribution is 0.576. The van der Waals surface area contributed by atoms with Crippen molar-refractivity contribution in [3.8, 4) is 16.8 Å². The van der Waals surface area contributed by atoms with Gasteiger partial charge < -0.3 is 0 Å². The highest BCUT2D eigenvalue weighted by molar-refractivity contribution is 5.67. The molecule has 142 valence electrons. The van der Waals surface area contributed by atoms with Gasteiger partial charge in [-0.3, -0.25) is 9.67 Å². The molecule has 0 saturated heterocycles. The molecule has 0 spiro atoms. The molecule has 2 aromatic heterocycles. The van der Waals surface area contributed by atoms with E-state index in [0.717, 1.165) is 29.2 Å². The molecule has 0 aliphatic carbocycles. The molecular formula is C20H17F2N5O. The maximum atomic E-state index is 13.4. The lowest BCUT2D eigenvalue weighted by Gasteiger charge is -2.08. The van der Waals surface area contributed by atoms with Crippen molar-refractivity contribution < 1.29 is 8.78 Å². The van der Waals surface area contributed by atoms with Crippen LogP contribution in [0.3, 0.4) is 0 Å². The first-order valence-electron chi connectivity index (χ1n) is 8.77. The van der Waals surface area contributed by atoms with E-state index in [1.807, 2.05) is 31.3 Å². The monoisotopic (exact) mass is 381 g/mol. The highest BCUT2D eigenvalue weighted by atomic mass is 19.1. The third-order valence-corrected chi connectivity index (χ3v) is 4.53. The summed E-state index contributed by atoms with van der Waals surface area (Å²) >= 11 is 0. The number of hydrogen-bond acceptors (Lipinski definition) is 3. The fraction of sp³-hybridized carbons (Fsp3) is 0.150. The molecule has 4 aromatic rings. The number of H-pyrrole nitrogens is 1. The largest absolute Gasteiger partial charge is 0.350 e. The molecule has 4 rings (SSSR count). The van der Waals surface area contributed by atoms with Crippen LogP contribution in [0.25, 0.3) is 16.8 Å². The van der Waals surface area contributed by atoms with Crippen molar-refractivity contribution in [1.82, 2.24) is 24.5 Å². The topological polar surface area (TPSA) is 68.5 Å². The van der Waals surface area contributed by atoms with Crippen LogP contribution in [0.5, 0.6) is 0 Å². The van der Waals surface area contributed by atoms with Crippen molar-refractivity contribution in [2.45, 2.75) is 19.9 Å². The maximum absolute atomic E-state index is 13.4. The van der Waals surface area contributed by atoms with Gasteiger partial charge in [-0.15, -0.1) is 0 Å². The molecule has 8 heteroatoms. The predicted octanol–water partition coefficient (Wildman–Crippen LogP) is 3.31. The number of aromatic amines is 1. The molecule has 2 heterocycles. The van der Waals surface area contributed by atoms with E-state index < -0.39 is 11.6 Å². The van der Waals surface area contributed by atoms with Gasteiger partial charge in [0.2, 0.25) is 0 Å². The Kier molecular flexibility index (Phi) is 4.60. The summed E-state index contributed by atoms with van der Waals surface area (Å²) in [6.07, 6.45) is 5.69. The van der Waals surface area contributed by atoms with Crippen LogP contribution in [0.1, 0.15) is 18.1 Å². The second-order valence-electron chi connectivity index (χ2n) is 6.41. The first kappa shape index (κ1) is 17.8. The Morgan fingerprint density at radius 3 is 2.57 bits per heavy atom. The number of aryl methyl sites for hydroxylation is 1. The molecule has 6 nitrogen and oxygen atoms in total. The van der Waals surface area contributed by atoms with Gasteiger partial charge in [0, 0.05) is 17.8 Å². The highest BCUT2D eigenvalue weighted by Crippen LogP contribution is 2.25. The summed E-state index contributed by atoms with van der Waals surface area (Å²) in [5, 5.41) is 10.9. The number of halogens is 2. The zero-order valence-corrected chi connectivity index (χ0v) is 15.1. The Labute approximate surface area is 159 Å². The van der Waals surface area contributed by atoms with Gasteiger partial charge in [-0.2, -0.15) is 14.9 Å². The van der Waals surface area contributed by atoms with Crippen LogP contribution in [0, 0.1) is 11.6 Å². The van der Waals surface area contributed by atoms with Crippen LogP contribution in [-0.4, -0.2) is 24.5 Å². The minimum Gasteiger partial charge on any atom is -0.285 e. The summed E-state index contributed by atoms with van der Waals surface area (Å²) in [6.45, 7) is 2.06. The van der Waals surface area contributed by atoms with Gasteiger partial charge >= 0.3 is 5.69 Å². The van der Waals surface area contributed by atoms with Gasteiger partial charge in [0.15, 0.2) is 0 Å². The third kappa shape index (κ3) is 3.36. The molecule has 28 heavy (non-hydrogen) atoms. The van der Waals surface area contributed by atoms with Gasteiger partial charge in [0.1, 0.15) is 18.0 Å². The van der Waals surface area contributed by atoms with E-state index >= 15 is 0 Å². The summed E-state index contributed by atoms with van der Waals surface area (Å²) in [5.41, 5.74) is 3.63. The van der Waals surface area contributed by atoms with Crippen molar-refractivity contribution >= 4 is 0 Å². The van der Waals surface area contributed by atoms with Crippen molar-refractivity contribution in [3.63, 3.8) is 0 Å². The first-order valence-corrected chi connectivity index (χ1v) is 8.77. The number of benzene rings is 2. The lowest BCUT2D eigenvalue weighted by atomic mass is 10.00. The maximum Gasteiger partial charge on any atom is 0.350 e. The summed E-state index contributed by atoms with van der Waals surface area (Å²) in [5.74, 6) is -1.37. The second kappa shape index (κ2) is 7.22. The number of nitrogens with zero attached hydrogens (tertiary/aromatic N) is 4. The Bertz CT molecular complexity index is 1160. The van der Waals surface area contributed by atoms with Crippen LogP contribution in [0.4, 0.5) is 8.78 Å². The highest BCUT2D eigenvalue weighted by Gasteiger charge is 2.12. The molecule has 0 bridgehead atoms. The van der Waals surface area contributed by atoms with E-state index in [4.69, 9.17) is 0 Å². The van der Waals surface area contributed by atoms with Crippen LogP contribution in [0.2, 0.25) is 0 Å². The molecule has 0 radical (unpaired) electrons. The van der Waals surface area contributed by atoms with E-state index in [1.165, 1.54) is 27.7 Å². The van der Waals surface area contributed by atoms with Crippen molar-refractivity contribution in [2.24, 2.45) is 0 Å². The Morgan fingerprint density at radius 2 is 1.89 bits per heavy atom. The molecular weight excluding hydrogens is 364 g/mol. The van der Waals surface area contributed by atoms with Crippen LogP contribution in [0.15, 0.2) is 59.9 Å². The van der Waals surface area contributed by atoms with E-state index in [9.17, 15) is 13.6 Å².